The van der Waals surface area contributed by atoms with E-state index in [1.54, 1.807) is 0 Å². The second-order valence-electron chi connectivity index (χ2n) is 8.08. The molecule has 1 aromatic carbocycles. The molecule has 2 aromatic rings. The highest BCUT2D eigenvalue weighted by Gasteiger charge is 2.24. The number of sulfonamides is 1. The molecule has 0 aliphatic heterocycles. The number of benzene rings is 1. The summed E-state index contributed by atoms with van der Waals surface area (Å²) in [5.74, 6) is 0.603. The van der Waals surface area contributed by atoms with Crippen LogP contribution in [0.5, 0.6) is 0 Å². The van der Waals surface area contributed by atoms with Crippen molar-refractivity contribution in [2.45, 2.75) is 43.4 Å². The highest BCUT2D eigenvalue weighted by atomic mass is 35.5. The maximum absolute atomic E-state index is 13.2. The highest BCUT2D eigenvalue weighted by Crippen LogP contribution is 2.33. The van der Waals surface area contributed by atoms with E-state index < -0.39 is 19.9 Å². The Morgan fingerprint density at radius 1 is 1.12 bits per heavy atom. The Balaban J connectivity index is 1.94. The first-order chi connectivity index (χ1) is 14.9. The van der Waals surface area contributed by atoms with E-state index in [1.807, 2.05) is 0 Å². The number of sulfone groups is 1. The number of halogens is 1. The molecule has 1 aliphatic rings. The van der Waals surface area contributed by atoms with Gasteiger partial charge in [0.1, 0.15) is 5.82 Å². The molecule has 1 N–H and O–H groups in total. The summed E-state index contributed by atoms with van der Waals surface area (Å²) in [6.07, 6.45) is 9.08. The van der Waals surface area contributed by atoms with Crippen LogP contribution in [0.4, 0.5) is 17.2 Å². The topological polar surface area (TPSA) is 114 Å². The van der Waals surface area contributed by atoms with E-state index in [-0.39, 0.29) is 27.3 Å². The summed E-state index contributed by atoms with van der Waals surface area (Å²) < 4.78 is 49.0. The van der Waals surface area contributed by atoms with Crippen LogP contribution in [-0.4, -0.2) is 40.2 Å². The van der Waals surface area contributed by atoms with E-state index in [4.69, 9.17) is 11.6 Å². The van der Waals surface area contributed by atoms with Crippen molar-refractivity contribution in [3.63, 3.8) is 0 Å². The minimum Gasteiger partial charge on any atom is -0.282 e. The van der Waals surface area contributed by atoms with Crippen molar-refractivity contribution >= 4 is 54.6 Å². The zero-order valence-electron chi connectivity index (χ0n) is 17.9. The average Bonchev–Trinajstić information content (AvgIpc) is 3.19. The number of nitrogens with one attached hydrogen (secondary N) is 1. The molecule has 1 aromatic heterocycles. The van der Waals surface area contributed by atoms with Crippen molar-refractivity contribution in [2.24, 2.45) is 5.92 Å². The monoisotopic (exact) mass is 499 g/mol. The molecule has 1 aliphatic carbocycles. The Morgan fingerprint density at radius 2 is 1.81 bits per heavy atom. The van der Waals surface area contributed by atoms with Gasteiger partial charge in [-0.1, -0.05) is 37.3 Å². The fraction of sp³-hybridized carbons (Fsp3) is 0.429. The number of carbonyl (C=O) groups excluding carboxylic acids is 1. The lowest BCUT2D eigenvalue weighted by Gasteiger charge is -2.23. The van der Waals surface area contributed by atoms with E-state index in [9.17, 15) is 21.6 Å². The second-order valence-corrected chi connectivity index (χ2v) is 12.2. The van der Waals surface area contributed by atoms with Gasteiger partial charge < -0.3 is 0 Å². The molecule has 0 bridgehead atoms. The summed E-state index contributed by atoms with van der Waals surface area (Å²) in [5, 5.41) is 0.00829. The van der Waals surface area contributed by atoms with Gasteiger partial charge in [-0.2, -0.15) is 0 Å². The van der Waals surface area contributed by atoms with Gasteiger partial charge in [-0.05, 0) is 42.7 Å². The lowest BCUT2D eigenvalue weighted by Crippen LogP contribution is -2.27. The van der Waals surface area contributed by atoms with Crippen LogP contribution in [-0.2, 0) is 24.7 Å². The van der Waals surface area contributed by atoms with Gasteiger partial charge in [0, 0.05) is 12.7 Å². The Bertz CT molecular complexity index is 1190. The molecule has 0 spiro atoms. The van der Waals surface area contributed by atoms with Crippen molar-refractivity contribution in [1.82, 2.24) is 4.98 Å². The summed E-state index contributed by atoms with van der Waals surface area (Å²) in [5.41, 5.74) is 0.648. The summed E-state index contributed by atoms with van der Waals surface area (Å²) in [4.78, 5) is 18.8. The molecule has 174 valence electrons. The van der Waals surface area contributed by atoms with Crippen LogP contribution in [0, 0.1) is 5.92 Å². The molecule has 11 heteroatoms. The number of carbonyl (C=O) groups is 1. The predicted molar refractivity (Wildman–Crippen MR) is 126 cm³/mol. The van der Waals surface area contributed by atoms with Crippen LogP contribution in [0.3, 0.4) is 0 Å². The molecule has 0 radical (unpaired) electrons. The summed E-state index contributed by atoms with van der Waals surface area (Å²) >= 11 is 6.21. The van der Waals surface area contributed by atoms with Crippen LogP contribution in [0.25, 0.3) is 0 Å². The molecule has 0 atom stereocenters. The molecule has 0 saturated heterocycles. The minimum atomic E-state index is -3.52. The highest BCUT2D eigenvalue weighted by molar-refractivity contribution is 7.92. The number of nitrogens with zero attached hydrogens (tertiary/aromatic N) is 2. The fourth-order valence-electron chi connectivity index (χ4n) is 3.86. The molecule has 32 heavy (non-hydrogen) atoms. The van der Waals surface area contributed by atoms with Crippen LogP contribution in [0.1, 0.15) is 38.5 Å². The van der Waals surface area contributed by atoms with E-state index in [2.05, 4.69) is 9.71 Å². The largest absolute Gasteiger partial charge is 0.282 e. The molecule has 1 amide bonds. The molecule has 0 unspecified atom stereocenters. The number of pyridine rings is 1. The minimum absolute atomic E-state index is 0.00829. The van der Waals surface area contributed by atoms with Gasteiger partial charge in [0.25, 0.3) is 0 Å². The van der Waals surface area contributed by atoms with Crippen molar-refractivity contribution in [2.75, 3.05) is 22.1 Å². The standard InChI is InChI=1S/C21H26ClN3O5S2/c1-31(27,28)19-10-9-17(13-18(19)22)25(21(26)12-7-15-5-3-4-6-15)20-11-8-16(14-23-20)24-32(2,29)30/h8-11,13-15,24H,3-7,12H2,1-2H3. The smallest absolute Gasteiger partial charge is 0.232 e. The van der Waals surface area contributed by atoms with E-state index >= 15 is 0 Å². The van der Waals surface area contributed by atoms with Crippen molar-refractivity contribution in [1.29, 1.82) is 0 Å². The van der Waals surface area contributed by atoms with E-state index in [0.29, 0.717) is 18.0 Å². The lowest BCUT2D eigenvalue weighted by molar-refractivity contribution is -0.118. The Labute approximate surface area is 194 Å². The average molecular weight is 500 g/mol. The van der Waals surface area contributed by atoms with E-state index in [0.717, 1.165) is 31.8 Å². The van der Waals surface area contributed by atoms with Gasteiger partial charge in [0.05, 0.1) is 33.7 Å². The molecular formula is C21H26ClN3O5S2. The summed E-state index contributed by atoms with van der Waals surface area (Å²) in [6, 6.07) is 7.34. The zero-order valence-corrected chi connectivity index (χ0v) is 20.3. The summed E-state index contributed by atoms with van der Waals surface area (Å²) in [7, 11) is -6.99. The normalized spacial score (nSPS) is 15.0. The number of aromatic nitrogens is 1. The van der Waals surface area contributed by atoms with Gasteiger partial charge >= 0.3 is 0 Å². The van der Waals surface area contributed by atoms with Gasteiger partial charge in [-0.15, -0.1) is 0 Å². The van der Waals surface area contributed by atoms with Crippen molar-refractivity contribution in [3.8, 4) is 0 Å². The molecule has 1 saturated carbocycles. The summed E-state index contributed by atoms with van der Waals surface area (Å²) in [6.45, 7) is 0. The zero-order chi connectivity index (χ0) is 23.5. The number of anilines is 3. The number of hydrogen-bond acceptors (Lipinski definition) is 6. The third-order valence-corrected chi connectivity index (χ3v) is 7.53. The molecular weight excluding hydrogens is 474 g/mol. The number of rotatable bonds is 8. The first-order valence-electron chi connectivity index (χ1n) is 10.2. The second kappa shape index (κ2) is 9.76. The SMILES string of the molecule is CS(=O)(=O)Nc1ccc(N(C(=O)CCC2CCCC2)c2ccc(S(C)(=O)=O)c(Cl)c2)nc1. The maximum atomic E-state index is 13.2. The number of hydrogen-bond donors (Lipinski definition) is 1. The van der Waals surface area contributed by atoms with Crippen LogP contribution in [0.15, 0.2) is 41.4 Å². The third kappa shape index (κ3) is 6.43. The quantitative estimate of drug-likeness (QED) is 0.583. The first-order valence-corrected chi connectivity index (χ1v) is 14.4. The molecule has 3 rings (SSSR count). The van der Waals surface area contributed by atoms with Gasteiger partial charge in [-0.25, -0.2) is 21.8 Å². The number of amides is 1. The van der Waals surface area contributed by atoms with Crippen LogP contribution >= 0.6 is 11.6 Å². The third-order valence-electron chi connectivity index (χ3n) is 5.34. The first kappa shape index (κ1) is 24.5. The van der Waals surface area contributed by atoms with Gasteiger partial charge in [0.15, 0.2) is 9.84 Å². The van der Waals surface area contributed by atoms with E-state index in [1.165, 1.54) is 54.3 Å². The predicted octanol–water partition coefficient (Wildman–Crippen LogP) is 4.15. The lowest BCUT2D eigenvalue weighted by atomic mass is 10.0. The van der Waals surface area contributed by atoms with Gasteiger partial charge in [0.2, 0.25) is 15.9 Å². The van der Waals surface area contributed by atoms with Crippen LogP contribution < -0.4 is 9.62 Å². The Morgan fingerprint density at radius 3 is 2.34 bits per heavy atom. The van der Waals surface area contributed by atoms with Crippen molar-refractivity contribution in [3.05, 3.63) is 41.6 Å². The Kier molecular flexibility index (Phi) is 7.46. The Hall–Kier alpha value is -2.17. The molecule has 8 nitrogen and oxygen atoms in total. The van der Waals surface area contributed by atoms with Crippen LogP contribution in [0.2, 0.25) is 5.02 Å². The van der Waals surface area contributed by atoms with Gasteiger partial charge in [-0.3, -0.25) is 14.4 Å². The molecule has 1 fully saturated rings. The van der Waals surface area contributed by atoms with Crippen molar-refractivity contribution < 1.29 is 21.6 Å². The maximum Gasteiger partial charge on any atom is 0.232 e. The fourth-order valence-corrected chi connectivity index (χ4v) is 5.74. The molecule has 1 heterocycles.